The lowest BCUT2D eigenvalue weighted by Crippen LogP contribution is -2.36. The highest BCUT2D eigenvalue weighted by molar-refractivity contribution is 9.10. The minimum atomic E-state index is -0.628. The van der Waals surface area contributed by atoms with Crippen molar-refractivity contribution in [3.8, 4) is 5.75 Å². The SMILES string of the molecule is COc1ccccc1C(C)(CO)Nc1ccccc1Br. The van der Waals surface area contributed by atoms with Gasteiger partial charge in [0, 0.05) is 15.7 Å². The van der Waals surface area contributed by atoms with Crippen LogP contribution in [-0.4, -0.2) is 18.8 Å². The highest BCUT2D eigenvalue weighted by Crippen LogP contribution is 2.34. The van der Waals surface area contributed by atoms with Gasteiger partial charge < -0.3 is 15.2 Å². The van der Waals surface area contributed by atoms with Crippen LogP contribution in [0.5, 0.6) is 5.75 Å². The summed E-state index contributed by atoms with van der Waals surface area (Å²) in [6.07, 6.45) is 0. The van der Waals surface area contributed by atoms with Gasteiger partial charge in [0.1, 0.15) is 5.75 Å². The van der Waals surface area contributed by atoms with E-state index in [1.54, 1.807) is 7.11 Å². The average molecular weight is 336 g/mol. The number of hydrogen-bond acceptors (Lipinski definition) is 3. The van der Waals surface area contributed by atoms with Crippen molar-refractivity contribution in [1.82, 2.24) is 0 Å². The van der Waals surface area contributed by atoms with Gasteiger partial charge in [0.15, 0.2) is 0 Å². The van der Waals surface area contributed by atoms with Crippen molar-refractivity contribution >= 4 is 21.6 Å². The second kappa shape index (κ2) is 6.29. The summed E-state index contributed by atoms with van der Waals surface area (Å²) in [7, 11) is 1.63. The number of halogens is 1. The largest absolute Gasteiger partial charge is 0.496 e. The Morgan fingerprint density at radius 3 is 2.45 bits per heavy atom. The first-order valence-corrected chi connectivity index (χ1v) is 7.17. The molecule has 20 heavy (non-hydrogen) atoms. The quantitative estimate of drug-likeness (QED) is 0.873. The number of aliphatic hydroxyl groups excluding tert-OH is 1. The van der Waals surface area contributed by atoms with Crippen LogP contribution in [0.3, 0.4) is 0 Å². The van der Waals surface area contributed by atoms with Gasteiger partial charge >= 0.3 is 0 Å². The fraction of sp³-hybridized carbons (Fsp3) is 0.250. The van der Waals surface area contributed by atoms with Gasteiger partial charge in [-0.25, -0.2) is 0 Å². The molecule has 0 aliphatic heterocycles. The van der Waals surface area contributed by atoms with Crippen LogP contribution in [0, 0.1) is 0 Å². The highest BCUT2D eigenvalue weighted by Gasteiger charge is 2.29. The van der Waals surface area contributed by atoms with Crippen LogP contribution in [0.2, 0.25) is 0 Å². The van der Waals surface area contributed by atoms with Crippen molar-refractivity contribution < 1.29 is 9.84 Å². The molecule has 0 amide bonds. The summed E-state index contributed by atoms with van der Waals surface area (Å²) in [6, 6.07) is 15.5. The smallest absolute Gasteiger partial charge is 0.124 e. The highest BCUT2D eigenvalue weighted by atomic mass is 79.9. The van der Waals surface area contributed by atoms with E-state index in [2.05, 4.69) is 21.2 Å². The molecular weight excluding hydrogens is 318 g/mol. The maximum Gasteiger partial charge on any atom is 0.124 e. The molecule has 0 saturated carbocycles. The van der Waals surface area contributed by atoms with E-state index in [-0.39, 0.29) is 6.61 Å². The van der Waals surface area contributed by atoms with Crippen molar-refractivity contribution in [2.24, 2.45) is 0 Å². The molecule has 2 aromatic carbocycles. The lowest BCUT2D eigenvalue weighted by Gasteiger charge is -2.32. The van der Waals surface area contributed by atoms with Gasteiger partial charge in [0.25, 0.3) is 0 Å². The van der Waals surface area contributed by atoms with E-state index in [0.717, 1.165) is 21.5 Å². The molecule has 0 fully saturated rings. The van der Waals surface area contributed by atoms with Crippen molar-refractivity contribution in [1.29, 1.82) is 0 Å². The summed E-state index contributed by atoms with van der Waals surface area (Å²) in [5.41, 5.74) is 1.21. The summed E-state index contributed by atoms with van der Waals surface area (Å²) in [5, 5.41) is 13.3. The molecule has 2 aromatic rings. The second-order valence-electron chi connectivity index (χ2n) is 4.80. The van der Waals surface area contributed by atoms with Crippen molar-refractivity contribution in [3.63, 3.8) is 0 Å². The Bertz CT molecular complexity index is 588. The molecule has 0 radical (unpaired) electrons. The Morgan fingerprint density at radius 1 is 1.15 bits per heavy atom. The Hall–Kier alpha value is -1.52. The number of ether oxygens (including phenoxy) is 1. The lowest BCUT2D eigenvalue weighted by molar-refractivity contribution is 0.220. The van der Waals surface area contributed by atoms with Crippen LogP contribution >= 0.6 is 15.9 Å². The Kier molecular flexibility index (Phi) is 4.68. The number of benzene rings is 2. The molecule has 0 heterocycles. The summed E-state index contributed by atoms with van der Waals surface area (Å²) < 4.78 is 6.35. The first-order valence-electron chi connectivity index (χ1n) is 6.38. The van der Waals surface area contributed by atoms with Crippen LogP contribution in [0.4, 0.5) is 5.69 Å². The van der Waals surface area contributed by atoms with Gasteiger partial charge in [0.05, 0.1) is 19.3 Å². The number of methoxy groups -OCH3 is 1. The number of nitrogens with one attached hydrogen (secondary N) is 1. The zero-order valence-electron chi connectivity index (χ0n) is 11.6. The van der Waals surface area contributed by atoms with Gasteiger partial charge in [-0.2, -0.15) is 0 Å². The number of rotatable bonds is 5. The third-order valence-electron chi connectivity index (χ3n) is 3.30. The molecule has 106 valence electrons. The molecule has 0 spiro atoms. The summed E-state index contributed by atoms with van der Waals surface area (Å²) >= 11 is 3.51. The molecule has 0 aromatic heterocycles. The molecule has 3 nitrogen and oxygen atoms in total. The number of para-hydroxylation sites is 2. The van der Waals surface area contributed by atoms with Gasteiger partial charge in [-0.1, -0.05) is 30.3 Å². The maximum absolute atomic E-state index is 9.88. The predicted octanol–water partition coefficient (Wildman–Crippen LogP) is 3.78. The van der Waals surface area contributed by atoms with Crippen molar-refractivity contribution in [2.45, 2.75) is 12.5 Å². The van der Waals surface area contributed by atoms with Crippen LogP contribution in [0.1, 0.15) is 12.5 Å². The van der Waals surface area contributed by atoms with E-state index in [0.29, 0.717) is 0 Å². The summed E-state index contributed by atoms with van der Waals surface area (Å²) in [6.45, 7) is 1.90. The molecule has 1 atom stereocenters. The monoisotopic (exact) mass is 335 g/mol. The maximum atomic E-state index is 9.88. The molecule has 0 aliphatic rings. The first-order chi connectivity index (χ1) is 9.60. The zero-order chi connectivity index (χ0) is 14.6. The van der Waals surface area contributed by atoms with Crippen LogP contribution in [-0.2, 0) is 5.54 Å². The van der Waals surface area contributed by atoms with Gasteiger partial charge in [0.2, 0.25) is 0 Å². The van der Waals surface area contributed by atoms with Gasteiger partial charge in [-0.05, 0) is 41.1 Å². The van der Waals surface area contributed by atoms with E-state index in [9.17, 15) is 5.11 Å². The molecule has 0 saturated heterocycles. The molecule has 4 heteroatoms. The van der Waals surface area contributed by atoms with Crippen LogP contribution in [0.15, 0.2) is 53.0 Å². The Labute approximate surface area is 127 Å². The fourth-order valence-corrected chi connectivity index (χ4v) is 2.54. The van der Waals surface area contributed by atoms with E-state index in [4.69, 9.17) is 4.74 Å². The number of anilines is 1. The Morgan fingerprint density at radius 2 is 1.80 bits per heavy atom. The number of hydrogen-bond donors (Lipinski definition) is 2. The van der Waals surface area contributed by atoms with Gasteiger partial charge in [-0.15, -0.1) is 0 Å². The average Bonchev–Trinajstić information content (AvgIpc) is 2.49. The molecule has 2 rings (SSSR count). The Balaban J connectivity index is 2.41. The summed E-state index contributed by atoms with van der Waals surface area (Å²) in [5.74, 6) is 0.753. The first kappa shape index (κ1) is 14.9. The van der Waals surface area contributed by atoms with Gasteiger partial charge in [-0.3, -0.25) is 0 Å². The third-order valence-corrected chi connectivity index (χ3v) is 3.99. The van der Waals surface area contributed by atoms with E-state index >= 15 is 0 Å². The molecule has 0 aliphatic carbocycles. The minimum absolute atomic E-state index is 0.0469. The van der Waals surface area contributed by atoms with E-state index < -0.39 is 5.54 Å². The van der Waals surface area contributed by atoms with Crippen LogP contribution in [0.25, 0.3) is 0 Å². The van der Waals surface area contributed by atoms with E-state index in [1.807, 2.05) is 55.5 Å². The van der Waals surface area contributed by atoms with Crippen molar-refractivity contribution in [3.05, 3.63) is 58.6 Å². The predicted molar refractivity (Wildman–Crippen MR) is 85.2 cm³/mol. The fourth-order valence-electron chi connectivity index (χ4n) is 2.15. The number of aliphatic hydroxyl groups is 1. The standard InChI is InChI=1S/C16H18BrNO2/c1-16(11-19,12-7-3-6-10-15(12)20-2)18-14-9-5-4-8-13(14)17/h3-10,18-19H,11H2,1-2H3. The minimum Gasteiger partial charge on any atom is -0.496 e. The lowest BCUT2D eigenvalue weighted by atomic mass is 9.91. The normalized spacial score (nSPS) is 13.6. The molecule has 2 N–H and O–H groups in total. The second-order valence-corrected chi connectivity index (χ2v) is 5.65. The van der Waals surface area contributed by atoms with Crippen LogP contribution < -0.4 is 10.1 Å². The summed E-state index contributed by atoms with van der Waals surface area (Å²) in [4.78, 5) is 0. The van der Waals surface area contributed by atoms with Crippen molar-refractivity contribution in [2.75, 3.05) is 19.0 Å². The molecular formula is C16H18BrNO2. The topological polar surface area (TPSA) is 41.5 Å². The molecule has 1 unspecified atom stereocenters. The molecule has 0 bridgehead atoms. The van der Waals surface area contributed by atoms with E-state index in [1.165, 1.54) is 0 Å². The zero-order valence-corrected chi connectivity index (χ0v) is 13.1. The third kappa shape index (κ3) is 2.97.